The quantitative estimate of drug-likeness (QED) is 0.265. The molecule has 2 nitrogen and oxygen atoms in total. The van der Waals surface area contributed by atoms with Crippen molar-refractivity contribution in [2.75, 3.05) is 0 Å². The van der Waals surface area contributed by atoms with Crippen LogP contribution in [0.4, 0.5) is 0 Å². The zero-order chi connectivity index (χ0) is 12.0. The van der Waals surface area contributed by atoms with Gasteiger partial charge in [-0.3, -0.25) is 11.3 Å². The Morgan fingerprint density at radius 2 is 2.31 bits per heavy atom. The van der Waals surface area contributed by atoms with Crippen LogP contribution in [0.3, 0.4) is 0 Å². The average molecular weight is 393 g/mol. The van der Waals surface area contributed by atoms with E-state index in [0.717, 1.165) is 23.7 Å². The Balaban J connectivity index is 2.78. The zero-order valence-electron chi connectivity index (χ0n) is 8.84. The third kappa shape index (κ3) is 4.06. The molecule has 86 valence electrons. The summed E-state index contributed by atoms with van der Waals surface area (Å²) in [7, 11) is 0. The van der Waals surface area contributed by atoms with Gasteiger partial charge in [-0.2, -0.15) is 0 Å². The summed E-state index contributed by atoms with van der Waals surface area (Å²) in [6, 6.07) is 6.38. The van der Waals surface area contributed by atoms with Gasteiger partial charge in [-0.25, -0.2) is 0 Å². The monoisotopic (exact) mass is 392 g/mol. The molecular formula is C12H14BrIN2. The molecule has 1 rings (SSSR count). The molecule has 0 saturated carbocycles. The Bertz CT molecular complexity index is 387. The van der Waals surface area contributed by atoms with E-state index in [0.29, 0.717) is 0 Å². The second-order valence-corrected chi connectivity index (χ2v) is 5.58. The Morgan fingerprint density at radius 3 is 2.94 bits per heavy atom. The van der Waals surface area contributed by atoms with E-state index in [1.54, 1.807) is 0 Å². The molecular weight excluding hydrogens is 379 g/mol. The van der Waals surface area contributed by atoms with E-state index in [-0.39, 0.29) is 6.04 Å². The number of nitrogens with two attached hydrogens (primary N) is 1. The smallest absolute Gasteiger partial charge is 0.0471 e. The van der Waals surface area contributed by atoms with Crippen molar-refractivity contribution >= 4 is 38.5 Å². The summed E-state index contributed by atoms with van der Waals surface area (Å²) in [6.07, 6.45) is 7.95. The lowest BCUT2D eigenvalue weighted by atomic mass is 10.0. The fourth-order valence-electron chi connectivity index (χ4n) is 1.52. The Hall–Kier alpha value is -0.0900. The van der Waals surface area contributed by atoms with Crippen LogP contribution in [0.2, 0.25) is 0 Å². The molecule has 0 saturated heterocycles. The van der Waals surface area contributed by atoms with Gasteiger partial charge in [0.1, 0.15) is 0 Å². The molecule has 1 aromatic carbocycles. The predicted octanol–water partition coefficient (Wildman–Crippen LogP) is 3.36. The number of terminal acetylenes is 1. The van der Waals surface area contributed by atoms with Crippen molar-refractivity contribution in [1.29, 1.82) is 0 Å². The third-order valence-corrected chi connectivity index (χ3v) is 3.74. The van der Waals surface area contributed by atoms with Gasteiger partial charge < -0.3 is 0 Å². The maximum Gasteiger partial charge on any atom is 0.0471 e. The number of unbranched alkanes of at least 4 members (excludes halogenated alkanes) is 1. The van der Waals surface area contributed by atoms with E-state index in [1.165, 1.54) is 9.13 Å². The van der Waals surface area contributed by atoms with Crippen LogP contribution < -0.4 is 11.3 Å². The normalized spacial score (nSPS) is 12.1. The highest BCUT2D eigenvalue weighted by Crippen LogP contribution is 2.28. The van der Waals surface area contributed by atoms with Crippen LogP contribution in [0, 0.1) is 15.9 Å². The molecule has 1 aromatic rings. The first-order chi connectivity index (χ1) is 7.69. The first-order valence-corrected chi connectivity index (χ1v) is 6.90. The highest BCUT2D eigenvalue weighted by Gasteiger charge is 2.12. The van der Waals surface area contributed by atoms with Crippen molar-refractivity contribution in [3.05, 3.63) is 31.8 Å². The molecule has 16 heavy (non-hydrogen) atoms. The molecule has 0 aliphatic heterocycles. The lowest BCUT2D eigenvalue weighted by Crippen LogP contribution is -2.28. The summed E-state index contributed by atoms with van der Waals surface area (Å²) in [6.45, 7) is 0. The molecule has 1 unspecified atom stereocenters. The first-order valence-electron chi connectivity index (χ1n) is 5.03. The number of benzene rings is 1. The van der Waals surface area contributed by atoms with Crippen molar-refractivity contribution in [2.24, 2.45) is 5.84 Å². The molecule has 0 amide bonds. The van der Waals surface area contributed by atoms with Gasteiger partial charge in [0.05, 0.1) is 0 Å². The van der Waals surface area contributed by atoms with E-state index in [9.17, 15) is 0 Å². The van der Waals surface area contributed by atoms with Crippen LogP contribution in [-0.2, 0) is 0 Å². The maximum atomic E-state index is 5.58. The minimum Gasteiger partial charge on any atom is -0.271 e. The molecule has 0 bridgehead atoms. The largest absolute Gasteiger partial charge is 0.271 e. The van der Waals surface area contributed by atoms with Crippen molar-refractivity contribution in [2.45, 2.75) is 25.3 Å². The molecule has 0 heterocycles. The number of rotatable bonds is 5. The summed E-state index contributed by atoms with van der Waals surface area (Å²) in [5, 5.41) is 0. The Kier molecular flexibility index (Phi) is 6.36. The molecule has 4 heteroatoms. The van der Waals surface area contributed by atoms with Gasteiger partial charge in [0, 0.05) is 20.5 Å². The third-order valence-electron chi connectivity index (χ3n) is 2.35. The van der Waals surface area contributed by atoms with E-state index < -0.39 is 0 Å². The topological polar surface area (TPSA) is 38.0 Å². The molecule has 0 spiro atoms. The lowest BCUT2D eigenvalue weighted by Gasteiger charge is -2.17. The van der Waals surface area contributed by atoms with Crippen molar-refractivity contribution in [3.8, 4) is 12.3 Å². The van der Waals surface area contributed by atoms with Crippen LogP contribution >= 0.6 is 38.5 Å². The number of hydrogen-bond acceptors (Lipinski definition) is 2. The second-order valence-electron chi connectivity index (χ2n) is 3.48. The number of nitrogens with one attached hydrogen (secondary N) is 1. The summed E-state index contributed by atoms with van der Waals surface area (Å²) in [5.41, 5.74) is 4.03. The fourth-order valence-corrected chi connectivity index (χ4v) is 2.56. The Labute approximate surface area is 119 Å². The van der Waals surface area contributed by atoms with Crippen molar-refractivity contribution in [3.63, 3.8) is 0 Å². The van der Waals surface area contributed by atoms with Crippen LogP contribution in [-0.4, -0.2) is 0 Å². The second kappa shape index (κ2) is 7.28. The summed E-state index contributed by atoms with van der Waals surface area (Å²) in [4.78, 5) is 0. The van der Waals surface area contributed by atoms with E-state index in [4.69, 9.17) is 12.3 Å². The van der Waals surface area contributed by atoms with Gasteiger partial charge in [-0.1, -0.05) is 15.9 Å². The predicted molar refractivity (Wildman–Crippen MR) is 79.6 cm³/mol. The molecule has 0 aromatic heterocycles. The van der Waals surface area contributed by atoms with Crippen molar-refractivity contribution in [1.82, 2.24) is 5.43 Å². The van der Waals surface area contributed by atoms with Gasteiger partial charge in [-0.15, -0.1) is 12.3 Å². The minimum absolute atomic E-state index is 0.150. The van der Waals surface area contributed by atoms with Gasteiger partial charge in [0.15, 0.2) is 0 Å². The van der Waals surface area contributed by atoms with Crippen molar-refractivity contribution < 1.29 is 0 Å². The number of hydrazine groups is 1. The standard InChI is InChI=1S/C12H14BrIN2/c1-2-3-4-5-12(16-15)10-8-9(14)6-7-11(10)13/h1,6-8,12,16H,3-5,15H2. The Morgan fingerprint density at radius 1 is 1.56 bits per heavy atom. The van der Waals surface area contributed by atoms with Gasteiger partial charge in [0.25, 0.3) is 0 Å². The highest BCUT2D eigenvalue weighted by atomic mass is 127. The highest BCUT2D eigenvalue weighted by molar-refractivity contribution is 14.1. The minimum atomic E-state index is 0.150. The SMILES string of the molecule is C#CCCCC(NN)c1cc(I)ccc1Br. The molecule has 0 aliphatic carbocycles. The van der Waals surface area contributed by atoms with Crippen LogP contribution in [0.15, 0.2) is 22.7 Å². The van der Waals surface area contributed by atoms with E-state index in [1.807, 2.05) is 6.07 Å². The molecule has 0 radical (unpaired) electrons. The fraction of sp³-hybridized carbons (Fsp3) is 0.333. The van der Waals surface area contributed by atoms with Crippen LogP contribution in [0.5, 0.6) is 0 Å². The maximum absolute atomic E-state index is 5.58. The summed E-state index contributed by atoms with van der Waals surface area (Å²) in [5.74, 6) is 8.22. The average Bonchev–Trinajstić information content (AvgIpc) is 2.28. The van der Waals surface area contributed by atoms with Crippen LogP contribution in [0.25, 0.3) is 0 Å². The van der Waals surface area contributed by atoms with E-state index >= 15 is 0 Å². The first kappa shape index (κ1) is 14.0. The summed E-state index contributed by atoms with van der Waals surface area (Å²) >= 11 is 5.84. The van der Waals surface area contributed by atoms with E-state index in [2.05, 4.69) is 62.0 Å². The van der Waals surface area contributed by atoms with Crippen LogP contribution in [0.1, 0.15) is 30.9 Å². The zero-order valence-corrected chi connectivity index (χ0v) is 12.6. The van der Waals surface area contributed by atoms with Gasteiger partial charge in [0.2, 0.25) is 0 Å². The molecule has 0 fully saturated rings. The molecule has 3 N–H and O–H groups in total. The number of hydrogen-bond donors (Lipinski definition) is 2. The number of halogens is 2. The van der Waals surface area contributed by atoms with Gasteiger partial charge >= 0.3 is 0 Å². The van der Waals surface area contributed by atoms with Gasteiger partial charge in [-0.05, 0) is 59.2 Å². The molecule has 1 atom stereocenters. The summed E-state index contributed by atoms with van der Waals surface area (Å²) < 4.78 is 2.28. The molecule has 0 aliphatic rings. The lowest BCUT2D eigenvalue weighted by molar-refractivity contribution is 0.500.